The summed E-state index contributed by atoms with van der Waals surface area (Å²) in [5, 5.41) is 20.8. The van der Waals surface area contributed by atoms with Gasteiger partial charge in [-0.2, -0.15) is 0 Å². The Bertz CT molecular complexity index is 978. The fraction of sp³-hybridized carbons (Fsp3) is 0.524. The molecule has 1 aliphatic rings. The molecule has 1 saturated heterocycles. The van der Waals surface area contributed by atoms with E-state index >= 15 is 0 Å². The van der Waals surface area contributed by atoms with E-state index in [1.165, 1.54) is 12.1 Å². The maximum Gasteiger partial charge on any atom is 0.311 e. The van der Waals surface area contributed by atoms with Gasteiger partial charge in [-0.15, -0.1) is 0 Å². The van der Waals surface area contributed by atoms with Gasteiger partial charge in [-0.1, -0.05) is 6.07 Å². The molecule has 2 rings (SSSR count). The van der Waals surface area contributed by atoms with Crippen LogP contribution in [-0.4, -0.2) is 71.7 Å². The van der Waals surface area contributed by atoms with Crippen LogP contribution in [0.4, 0.5) is 5.69 Å². The summed E-state index contributed by atoms with van der Waals surface area (Å²) < 4.78 is 31.8. The molecule has 14 heteroatoms. The van der Waals surface area contributed by atoms with Crippen molar-refractivity contribution in [2.75, 3.05) is 7.11 Å². The van der Waals surface area contributed by atoms with Crippen LogP contribution in [0.5, 0.6) is 5.75 Å². The van der Waals surface area contributed by atoms with Gasteiger partial charge in [0.1, 0.15) is 6.10 Å². The summed E-state index contributed by atoms with van der Waals surface area (Å²) in [5.41, 5.74) is -0.321. The Kier molecular flexibility index (Phi) is 9.48. The summed E-state index contributed by atoms with van der Waals surface area (Å²) in [6, 6.07) is 3.60. The molecule has 0 bridgehead atoms. The Morgan fingerprint density at radius 3 is 2.09 bits per heavy atom. The molecule has 1 aromatic carbocycles. The topological polar surface area (TPSA) is 187 Å². The molecule has 35 heavy (non-hydrogen) atoms. The molecule has 192 valence electrons. The van der Waals surface area contributed by atoms with Gasteiger partial charge in [0, 0.05) is 26.8 Å². The fourth-order valence-corrected chi connectivity index (χ4v) is 3.39. The number of hydrogen-bond acceptors (Lipinski definition) is 13. The second kappa shape index (κ2) is 12.1. The number of nitro groups is 1. The first-order valence-corrected chi connectivity index (χ1v) is 10.3. The van der Waals surface area contributed by atoms with E-state index in [4.69, 9.17) is 23.7 Å². The highest BCUT2D eigenvalue weighted by molar-refractivity contribution is 5.71. The summed E-state index contributed by atoms with van der Waals surface area (Å²) in [4.78, 5) is 58.2. The third kappa shape index (κ3) is 7.35. The average Bonchev–Trinajstić information content (AvgIpc) is 2.77. The number of carbonyl (C=O) groups excluding carboxylic acids is 4. The molecule has 1 N–H and O–H groups in total. The lowest BCUT2D eigenvalue weighted by atomic mass is 9.95. The number of aliphatic hydroxyl groups excluding tert-OH is 1. The molecule has 0 unspecified atom stereocenters. The molecule has 0 saturated carbocycles. The van der Waals surface area contributed by atoms with Crippen LogP contribution >= 0.6 is 0 Å². The van der Waals surface area contributed by atoms with E-state index in [2.05, 4.69) is 4.74 Å². The van der Waals surface area contributed by atoms with Crippen LogP contribution < -0.4 is 4.74 Å². The SMILES string of the molecule is COC(=O)C[C@H]1O[C@@H](Oc2ccc(CO)cc2[N+](=O)[O-])[C@@H](OC(C)=O)[C@@H](OC(C)=O)[C@@H]1OC(C)=O. The summed E-state index contributed by atoms with van der Waals surface area (Å²) in [6.07, 6.45) is -7.96. The van der Waals surface area contributed by atoms with Crippen LogP contribution in [0.2, 0.25) is 0 Å². The zero-order chi connectivity index (χ0) is 26.3. The minimum atomic E-state index is -1.65. The molecule has 0 aromatic heterocycles. The Balaban J connectivity index is 2.57. The summed E-state index contributed by atoms with van der Waals surface area (Å²) in [7, 11) is 1.11. The van der Waals surface area contributed by atoms with E-state index in [0.29, 0.717) is 0 Å². The van der Waals surface area contributed by atoms with E-state index in [0.717, 1.165) is 33.9 Å². The number of aliphatic hydroxyl groups is 1. The van der Waals surface area contributed by atoms with Crippen molar-refractivity contribution < 1.29 is 57.6 Å². The second-order valence-electron chi connectivity index (χ2n) is 7.38. The van der Waals surface area contributed by atoms with Gasteiger partial charge in [-0.05, 0) is 11.6 Å². The van der Waals surface area contributed by atoms with Crippen LogP contribution in [0, 0.1) is 10.1 Å². The highest BCUT2D eigenvalue weighted by atomic mass is 16.7. The predicted octanol–water partition coefficient (Wildman–Crippen LogP) is 0.549. The van der Waals surface area contributed by atoms with Crippen molar-refractivity contribution in [1.29, 1.82) is 0 Å². The molecule has 1 fully saturated rings. The average molecular weight is 499 g/mol. The van der Waals surface area contributed by atoms with E-state index in [9.17, 15) is 34.4 Å². The molecular formula is C21H25NO13. The Morgan fingerprint density at radius 2 is 1.57 bits per heavy atom. The van der Waals surface area contributed by atoms with Gasteiger partial charge in [0.05, 0.1) is 25.1 Å². The van der Waals surface area contributed by atoms with Gasteiger partial charge < -0.3 is 33.5 Å². The summed E-state index contributed by atoms with van der Waals surface area (Å²) in [6.45, 7) is 2.68. The molecule has 0 radical (unpaired) electrons. The Morgan fingerprint density at radius 1 is 1.00 bits per heavy atom. The van der Waals surface area contributed by atoms with Gasteiger partial charge in [-0.3, -0.25) is 29.3 Å². The number of esters is 4. The number of carbonyl (C=O) groups is 4. The number of methoxy groups -OCH3 is 1. The maximum absolute atomic E-state index is 12.0. The van der Waals surface area contributed by atoms with Crippen LogP contribution in [-0.2, 0) is 49.5 Å². The lowest BCUT2D eigenvalue weighted by molar-refractivity contribution is -0.387. The standard InChI is InChI=1S/C21H25NO13/c1-10(24)31-18-16(8-17(27)30-4)35-21(20(33-12(3)26)19(18)32-11(2)25)34-15-6-5-13(9-23)7-14(15)22(28)29/h5-7,16,18-21,23H,8-9H2,1-4H3/t16-,18-,19+,20+,21-/m1/s1. The minimum Gasteiger partial charge on any atom is -0.469 e. The number of hydrogen-bond donors (Lipinski definition) is 1. The highest BCUT2D eigenvalue weighted by Crippen LogP contribution is 2.35. The molecule has 14 nitrogen and oxygen atoms in total. The number of benzene rings is 1. The first-order valence-electron chi connectivity index (χ1n) is 10.3. The van der Waals surface area contributed by atoms with E-state index in [1.54, 1.807) is 0 Å². The molecule has 0 aliphatic carbocycles. The first-order chi connectivity index (χ1) is 16.5. The molecule has 5 atom stereocenters. The summed E-state index contributed by atoms with van der Waals surface area (Å²) >= 11 is 0. The van der Waals surface area contributed by atoms with E-state index in [-0.39, 0.29) is 11.3 Å². The van der Waals surface area contributed by atoms with Crippen molar-refractivity contribution in [2.45, 2.75) is 64.5 Å². The zero-order valence-corrected chi connectivity index (χ0v) is 19.3. The van der Waals surface area contributed by atoms with Gasteiger partial charge >= 0.3 is 29.6 Å². The molecule has 1 aliphatic heterocycles. The van der Waals surface area contributed by atoms with Crippen molar-refractivity contribution in [3.8, 4) is 5.75 Å². The summed E-state index contributed by atoms with van der Waals surface area (Å²) in [5.74, 6) is -3.64. The van der Waals surface area contributed by atoms with E-state index < -0.39 is 78.2 Å². The van der Waals surface area contributed by atoms with Crippen LogP contribution in [0.25, 0.3) is 0 Å². The third-order valence-electron chi connectivity index (χ3n) is 4.74. The van der Waals surface area contributed by atoms with Gasteiger partial charge in [0.2, 0.25) is 12.4 Å². The molecule has 0 spiro atoms. The monoisotopic (exact) mass is 499 g/mol. The lowest BCUT2D eigenvalue weighted by Crippen LogP contribution is -2.63. The smallest absolute Gasteiger partial charge is 0.311 e. The zero-order valence-electron chi connectivity index (χ0n) is 19.3. The maximum atomic E-state index is 12.0. The van der Waals surface area contributed by atoms with Crippen LogP contribution in [0.15, 0.2) is 18.2 Å². The van der Waals surface area contributed by atoms with Crippen LogP contribution in [0.1, 0.15) is 32.8 Å². The van der Waals surface area contributed by atoms with Crippen molar-refractivity contribution in [3.63, 3.8) is 0 Å². The first kappa shape index (κ1) is 27.5. The van der Waals surface area contributed by atoms with Crippen molar-refractivity contribution >= 4 is 29.6 Å². The van der Waals surface area contributed by atoms with Crippen LogP contribution in [0.3, 0.4) is 0 Å². The highest BCUT2D eigenvalue weighted by Gasteiger charge is 2.53. The molecular weight excluding hydrogens is 474 g/mol. The number of rotatable bonds is 9. The Labute approximate surface area is 199 Å². The number of ether oxygens (including phenoxy) is 6. The number of nitrogens with zero attached hydrogens (tertiary/aromatic N) is 1. The van der Waals surface area contributed by atoms with Crippen molar-refractivity contribution in [1.82, 2.24) is 0 Å². The predicted molar refractivity (Wildman–Crippen MR) is 112 cm³/mol. The van der Waals surface area contributed by atoms with E-state index in [1.807, 2.05) is 0 Å². The van der Waals surface area contributed by atoms with Gasteiger partial charge in [0.15, 0.2) is 18.0 Å². The molecule has 1 heterocycles. The van der Waals surface area contributed by atoms with Gasteiger partial charge in [0.25, 0.3) is 0 Å². The second-order valence-corrected chi connectivity index (χ2v) is 7.38. The normalized spacial score (nSPS) is 23.5. The fourth-order valence-electron chi connectivity index (χ4n) is 3.39. The largest absolute Gasteiger partial charge is 0.469 e. The molecule has 0 amide bonds. The van der Waals surface area contributed by atoms with Crippen molar-refractivity contribution in [3.05, 3.63) is 33.9 Å². The molecule has 1 aromatic rings. The third-order valence-corrected chi connectivity index (χ3v) is 4.74. The quantitative estimate of drug-likeness (QED) is 0.215. The minimum absolute atomic E-state index is 0.224. The Hall–Kier alpha value is -3.78. The van der Waals surface area contributed by atoms with Crippen molar-refractivity contribution in [2.24, 2.45) is 0 Å². The number of nitro benzene ring substituents is 1. The van der Waals surface area contributed by atoms with Gasteiger partial charge in [-0.25, -0.2) is 0 Å². The lowest BCUT2D eigenvalue weighted by Gasteiger charge is -2.43.